The van der Waals surface area contributed by atoms with Crippen LogP contribution in [0, 0.1) is 11.8 Å². The number of ether oxygens (including phenoxy) is 3. The molecule has 1 amide bonds. The highest BCUT2D eigenvalue weighted by molar-refractivity contribution is 7.89. The summed E-state index contributed by atoms with van der Waals surface area (Å²) in [4.78, 5) is 15.1. The Labute approximate surface area is 214 Å². The number of aliphatic hydroxyl groups excluding tert-OH is 1. The monoisotopic (exact) mass is 522 g/mol. The molecule has 2 aliphatic heterocycles. The number of rotatable bonds is 11. The predicted octanol–water partition coefficient (Wildman–Crippen LogP) is 2.75. The minimum Gasteiger partial charge on any atom is -0.497 e. The summed E-state index contributed by atoms with van der Waals surface area (Å²) in [5.74, 6) is 1.60. The molecule has 1 aromatic rings. The summed E-state index contributed by atoms with van der Waals surface area (Å²) >= 11 is 0. The van der Waals surface area contributed by atoms with Gasteiger partial charge in [0.15, 0.2) is 5.76 Å². The van der Waals surface area contributed by atoms with Crippen LogP contribution in [-0.2, 0) is 24.3 Å². The van der Waals surface area contributed by atoms with E-state index < -0.39 is 16.3 Å². The number of benzene rings is 1. The van der Waals surface area contributed by atoms with E-state index in [1.807, 2.05) is 11.0 Å². The van der Waals surface area contributed by atoms with Gasteiger partial charge in [-0.1, -0.05) is 6.42 Å². The molecule has 0 spiro atoms. The minimum atomic E-state index is -3.82. The summed E-state index contributed by atoms with van der Waals surface area (Å²) in [6.07, 6.45) is 8.68. The Bertz CT molecular complexity index is 1000. The Hall–Kier alpha value is -2.14. The molecule has 0 aromatic heterocycles. The van der Waals surface area contributed by atoms with Crippen LogP contribution < -0.4 is 4.74 Å². The second-order valence-corrected chi connectivity index (χ2v) is 11.6. The number of allylic oxidation sites excluding steroid dienone is 1. The number of aliphatic hydroxyl groups is 1. The van der Waals surface area contributed by atoms with Crippen LogP contribution in [-0.4, -0.2) is 81.4 Å². The van der Waals surface area contributed by atoms with E-state index in [1.165, 1.54) is 30.0 Å². The maximum atomic E-state index is 13.1. The van der Waals surface area contributed by atoms with E-state index in [-0.39, 0.29) is 43.0 Å². The zero-order chi connectivity index (χ0) is 25.5. The minimum absolute atomic E-state index is 0.0491. The van der Waals surface area contributed by atoms with Crippen LogP contribution in [0.5, 0.6) is 5.75 Å². The first-order valence-corrected chi connectivity index (χ1v) is 14.4. The quantitative estimate of drug-likeness (QED) is 0.476. The molecule has 1 aromatic carbocycles. The molecule has 3 aliphatic rings. The van der Waals surface area contributed by atoms with Crippen LogP contribution >= 0.6 is 0 Å². The fourth-order valence-electron chi connectivity index (χ4n) is 5.03. The van der Waals surface area contributed by atoms with Gasteiger partial charge in [-0.15, -0.1) is 0 Å². The van der Waals surface area contributed by atoms with Crippen LogP contribution in [0.1, 0.15) is 44.9 Å². The van der Waals surface area contributed by atoms with Crippen molar-refractivity contribution in [1.82, 2.24) is 9.21 Å². The molecule has 36 heavy (non-hydrogen) atoms. The summed E-state index contributed by atoms with van der Waals surface area (Å²) < 4.78 is 44.6. The molecular weight excluding hydrogens is 484 g/mol. The van der Waals surface area contributed by atoms with Crippen molar-refractivity contribution < 1.29 is 32.5 Å². The lowest BCUT2D eigenvalue weighted by atomic mass is 9.73. The molecule has 4 rings (SSSR count). The van der Waals surface area contributed by atoms with E-state index in [1.54, 1.807) is 12.1 Å². The van der Waals surface area contributed by atoms with Crippen LogP contribution in [0.3, 0.4) is 0 Å². The number of hydrogen-bond donors (Lipinski definition) is 1. The summed E-state index contributed by atoms with van der Waals surface area (Å²) in [6, 6.07) is 6.14. The summed E-state index contributed by atoms with van der Waals surface area (Å²) in [5.41, 5.74) is 0. The summed E-state index contributed by atoms with van der Waals surface area (Å²) in [7, 11) is -2.31. The van der Waals surface area contributed by atoms with Gasteiger partial charge >= 0.3 is 0 Å². The lowest BCUT2D eigenvalue weighted by Gasteiger charge is -2.38. The number of carbonyl (C=O) groups is 1. The Morgan fingerprint density at radius 2 is 1.83 bits per heavy atom. The summed E-state index contributed by atoms with van der Waals surface area (Å²) in [6.45, 7) is 1.28. The van der Waals surface area contributed by atoms with Crippen LogP contribution in [0.4, 0.5) is 0 Å². The Balaban J connectivity index is 1.39. The average molecular weight is 523 g/mol. The molecule has 9 nitrogen and oxygen atoms in total. The van der Waals surface area contributed by atoms with Crippen molar-refractivity contribution in [3.63, 3.8) is 0 Å². The Kier molecular flexibility index (Phi) is 9.27. The van der Waals surface area contributed by atoms with Gasteiger partial charge in [-0.2, -0.15) is 4.31 Å². The third kappa shape index (κ3) is 6.40. The normalized spacial score (nSPS) is 23.1. The molecule has 10 heteroatoms. The van der Waals surface area contributed by atoms with E-state index in [4.69, 9.17) is 14.2 Å². The zero-order valence-corrected chi connectivity index (χ0v) is 21.8. The molecule has 2 heterocycles. The van der Waals surface area contributed by atoms with E-state index in [2.05, 4.69) is 0 Å². The third-order valence-electron chi connectivity index (χ3n) is 7.39. The molecule has 0 bridgehead atoms. The van der Waals surface area contributed by atoms with Crippen LogP contribution in [0.15, 0.2) is 41.0 Å². The second-order valence-electron chi connectivity index (χ2n) is 9.70. The lowest BCUT2D eigenvalue weighted by Crippen LogP contribution is -2.41. The molecule has 0 unspecified atom stereocenters. The zero-order valence-electron chi connectivity index (χ0n) is 21.0. The average Bonchev–Trinajstić information content (AvgIpc) is 2.87. The van der Waals surface area contributed by atoms with Crippen molar-refractivity contribution in [2.75, 3.05) is 46.5 Å². The first kappa shape index (κ1) is 26.9. The van der Waals surface area contributed by atoms with Crippen molar-refractivity contribution in [2.24, 2.45) is 11.8 Å². The topological polar surface area (TPSA) is 106 Å². The molecule has 200 valence electrons. The maximum Gasteiger partial charge on any atom is 0.288 e. The fraction of sp³-hybridized carbons (Fsp3) is 0.654. The van der Waals surface area contributed by atoms with Crippen molar-refractivity contribution in [3.05, 3.63) is 36.1 Å². The Morgan fingerprint density at radius 3 is 2.44 bits per heavy atom. The number of nitrogens with zero attached hydrogens (tertiary/aromatic N) is 2. The number of hydrogen-bond acceptors (Lipinski definition) is 7. The van der Waals surface area contributed by atoms with Crippen molar-refractivity contribution in [2.45, 2.75) is 56.1 Å². The van der Waals surface area contributed by atoms with Gasteiger partial charge < -0.3 is 24.2 Å². The van der Waals surface area contributed by atoms with Gasteiger partial charge in [0.2, 0.25) is 16.3 Å². The second kappa shape index (κ2) is 12.4. The number of amides is 1. The number of methoxy groups -OCH3 is 1. The molecule has 1 aliphatic carbocycles. The predicted molar refractivity (Wildman–Crippen MR) is 134 cm³/mol. The number of piperidine rings is 1. The highest BCUT2D eigenvalue weighted by Gasteiger charge is 2.36. The van der Waals surface area contributed by atoms with E-state index in [0.29, 0.717) is 23.8 Å². The first-order chi connectivity index (χ1) is 17.4. The largest absolute Gasteiger partial charge is 0.497 e. The van der Waals surface area contributed by atoms with Gasteiger partial charge in [0.25, 0.3) is 5.91 Å². The van der Waals surface area contributed by atoms with Gasteiger partial charge in [-0.3, -0.25) is 4.79 Å². The van der Waals surface area contributed by atoms with Gasteiger partial charge in [-0.05, 0) is 74.3 Å². The van der Waals surface area contributed by atoms with Gasteiger partial charge in [-0.25, -0.2) is 8.42 Å². The van der Waals surface area contributed by atoms with Crippen LogP contribution in [0.2, 0.25) is 0 Å². The first-order valence-electron chi connectivity index (χ1n) is 13.0. The van der Waals surface area contributed by atoms with Gasteiger partial charge in [0.05, 0.1) is 25.2 Å². The molecular formula is C26H38N2O7S. The van der Waals surface area contributed by atoms with Gasteiger partial charge in [0, 0.05) is 32.6 Å². The van der Waals surface area contributed by atoms with Gasteiger partial charge in [0.1, 0.15) is 5.75 Å². The third-order valence-corrected chi connectivity index (χ3v) is 9.30. The smallest absolute Gasteiger partial charge is 0.288 e. The molecule has 1 N–H and O–H groups in total. The number of likely N-dealkylation sites (tertiary alicyclic amines) is 1. The lowest BCUT2D eigenvalue weighted by molar-refractivity contribution is -0.158. The molecule has 1 saturated heterocycles. The van der Waals surface area contributed by atoms with Crippen molar-refractivity contribution >= 4 is 15.9 Å². The summed E-state index contributed by atoms with van der Waals surface area (Å²) in [5, 5.41) is 9.48. The highest BCUT2D eigenvalue weighted by atomic mass is 32.2. The number of sulfonamides is 1. The standard InChI is InChI=1S/C26H38N2O7S/c1-33-22-8-10-23(11-9-22)36(31,32)28(14-16-29)15-17-34-25-19-21(20-6-5-7-20)18-24(35-25)26(30)27-12-3-2-4-13-27/h8-11,18,20-21,25,29H,2-7,12-17,19H2,1H3/t21-,25+/m1/s1. The molecule has 2 fully saturated rings. The van der Waals surface area contributed by atoms with E-state index >= 15 is 0 Å². The molecule has 0 radical (unpaired) electrons. The van der Waals surface area contributed by atoms with E-state index in [0.717, 1.165) is 45.2 Å². The fourth-order valence-corrected chi connectivity index (χ4v) is 6.45. The number of carbonyl (C=O) groups excluding carboxylic acids is 1. The van der Waals surface area contributed by atoms with Crippen LogP contribution in [0.25, 0.3) is 0 Å². The molecule has 1 saturated carbocycles. The van der Waals surface area contributed by atoms with Crippen molar-refractivity contribution in [3.8, 4) is 5.75 Å². The SMILES string of the molecule is COc1ccc(S(=O)(=O)N(CCO)CCO[C@@H]2C[C@H](C3CCC3)C=C(C(=O)N3CCCCC3)O2)cc1. The molecule has 2 atom stereocenters. The Morgan fingerprint density at radius 1 is 1.11 bits per heavy atom. The maximum absolute atomic E-state index is 13.1. The highest BCUT2D eigenvalue weighted by Crippen LogP contribution is 2.40. The van der Waals surface area contributed by atoms with E-state index in [9.17, 15) is 18.3 Å². The van der Waals surface area contributed by atoms with Crippen molar-refractivity contribution in [1.29, 1.82) is 0 Å².